The van der Waals surface area contributed by atoms with E-state index >= 15 is 0 Å². The van der Waals surface area contributed by atoms with E-state index in [4.69, 9.17) is 30.2 Å². The first-order chi connectivity index (χ1) is 15.1. The van der Waals surface area contributed by atoms with Gasteiger partial charge in [0.05, 0.1) is 31.9 Å². The van der Waals surface area contributed by atoms with Gasteiger partial charge >= 0.3 is 6.18 Å². The molecule has 32 heavy (non-hydrogen) atoms. The van der Waals surface area contributed by atoms with Gasteiger partial charge in [-0.05, 0) is 42.0 Å². The van der Waals surface area contributed by atoms with Crippen molar-refractivity contribution in [2.24, 2.45) is 0 Å². The van der Waals surface area contributed by atoms with E-state index in [-0.39, 0.29) is 28.3 Å². The van der Waals surface area contributed by atoms with Crippen LogP contribution < -0.4 is 19.3 Å². The summed E-state index contributed by atoms with van der Waals surface area (Å²) < 4.78 is 60.5. The molecular formula is C22H17ClF3O6-. The normalized spacial score (nSPS) is 11.3. The Bertz CT molecular complexity index is 1130. The van der Waals surface area contributed by atoms with Gasteiger partial charge in [-0.3, -0.25) is 0 Å². The third-order valence-corrected chi connectivity index (χ3v) is 5.00. The molecule has 0 bridgehead atoms. The molecule has 6 nitrogen and oxygen atoms in total. The molecule has 0 saturated carbocycles. The highest BCUT2D eigenvalue weighted by atomic mass is 35.5. The van der Waals surface area contributed by atoms with Crippen LogP contribution in [-0.4, -0.2) is 27.3 Å². The molecule has 10 heteroatoms. The first-order valence-electron chi connectivity index (χ1n) is 9.09. The van der Waals surface area contributed by atoms with Gasteiger partial charge in [0.15, 0.2) is 17.3 Å². The van der Waals surface area contributed by atoms with Gasteiger partial charge in [0.25, 0.3) is 0 Å². The van der Waals surface area contributed by atoms with Crippen molar-refractivity contribution in [3.8, 4) is 28.6 Å². The lowest BCUT2D eigenvalue weighted by Crippen LogP contribution is -2.22. The molecule has 3 aromatic rings. The lowest BCUT2D eigenvalue weighted by atomic mass is 10.0. The van der Waals surface area contributed by atoms with E-state index in [1.165, 1.54) is 27.4 Å². The number of hydrogen-bond acceptors (Lipinski definition) is 6. The maximum absolute atomic E-state index is 13.1. The van der Waals surface area contributed by atoms with Gasteiger partial charge in [-0.25, -0.2) is 0 Å². The monoisotopic (exact) mass is 469 g/mol. The fourth-order valence-corrected chi connectivity index (χ4v) is 3.42. The Morgan fingerprint density at radius 1 is 1.03 bits per heavy atom. The summed E-state index contributed by atoms with van der Waals surface area (Å²) >= 11 is 6.06. The zero-order valence-electron chi connectivity index (χ0n) is 17.1. The van der Waals surface area contributed by atoms with E-state index in [1.807, 2.05) is 0 Å². The summed E-state index contributed by atoms with van der Waals surface area (Å²) in [6.45, 7) is 0. The molecule has 0 amide bonds. The van der Waals surface area contributed by atoms with Gasteiger partial charge < -0.3 is 28.5 Å². The zero-order chi connectivity index (χ0) is 23.6. The lowest BCUT2D eigenvalue weighted by Gasteiger charge is -2.14. The third kappa shape index (κ3) is 4.62. The van der Waals surface area contributed by atoms with Crippen molar-refractivity contribution >= 4 is 17.6 Å². The molecular weight excluding hydrogens is 453 g/mol. The fourth-order valence-electron chi connectivity index (χ4n) is 3.21. The van der Waals surface area contributed by atoms with Gasteiger partial charge in [-0.2, -0.15) is 13.2 Å². The predicted octanol–water partition coefficient (Wildman–Crippen LogP) is 4.60. The number of halogens is 4. The van der Waals surface area contributed by atoms with Crippen molar-refractivity contribution < 1.29 is 41.7 Å². The molecule has 0 unspecified atom stereocenters. The van der Waals surface area contributed by atoms with Crippen LogP contribution in [-0.2, 0) is 12.6 Å². The second-order valence-corrected chi connectivity index (χ2v) is 7.06. The van der Waals surface area contributed by atoms with Gasteiger partial charge in [0, 0.05) is 17.5 Å². The SMILES string of the molecule is COc1cc(Cc2cc(-c3cc(C(F)(F)F)ccc3Cl)oc2C(=O)[O-])cc(OC)c1OC. The minimum absolute atomic E-state index is 0.0279. The Balaban J connectivity index is 2.08. The molecule has 0 N–H and O–H groups in total. The van der Waals surface area contributed by atoms with Crippen molar-refractivity contribution in [3.63, 3.8) is 0 Å². The molecule has 170 valence electrons. The number of benzene rings is 2. The molecule has 0 aliphatic carbocycles. The summed E-state index contributed by atoms with van der Waals surface area (Å²) in [5.41, 5.74) is -0.304. The number of methoxy groups -OCH3 is 3. The number of ether oxygens (including phenoxy) is 3. The molecule has 3 rings (SSSR count). The van der Waals surface area contributed by atoms with Crippen LogP contribution in [0.15, 0.2) is 40.8 Å². The number of carbonyl (C=O) groups excluding carboxylic acids is 1. The maximum Gasteiger partial charge on any atom is 0.416 e. The molecule has 0 saturated heterocycles. The number of rotatable bonds is 7. The van der Waals surface area contributed by atoms with Crippen LogP contribution >= 0.6 is 11.6 Å². The maximum atomic E-state index is 13.1. The number of carboxylic acid groups (broad SMARTS) is 1. The molecule has 1 aromatic heterocycles. The Labute approximate surface area is 186 Å². The Morgan fingerprint density at radius 2 is 1.66 bits per heavy atom. The Hall–Kier alpha value is -3.33. The number of aromatic carboxylic acids is 1. The van der Waals surface area contributed by atoms with Crippen molar-refractivity contribution in [1.29, 1.82) is 0 Å². The number of hydrogen-bond donors (Lipinski definition) is 0. The highest BCUT2D eigenvalue weighted by Gasteiger charge is 2.31. The van der Waals surface area contributed by atoms with Gasteiger partial charge in [0.1, 0.15) is 11.7 Å². The standard InChI is InChI=1S/C22H18ClF3O6/c1-29-17-7-11(8-18(30-2)20(17)31-3)6-12-9-16(32-19(12)21(27)28)14-10-13(22(24,25)26)4-5-15(14)23/h4-5,7-10H,6H2,1-3H3,(H,27,28)/p-1. The summed E-state index contributed by atoms with van der Waals surface area (Å²) in [6.07, 6.45) is -4.58. The average molecular weight is 470 g/mol. The minimum atomic E-state index is -4.61. The first kappa shape index (κ1) is 23.3. The number of alkyl halides is 3. The molecule has 0 atom stereocenters. The van der Waals surface area contributed by atoms with E-state index in [0.29, 0.717) is 22.8 Å². The second kappa shape index (κ2) is 9.04. The molecule has 0 aliphatic heterocycles. The van der Waals surface area contributed by atoms with Crippen molar-refractivity contribution in [2.75, 3.05) is 21.3 Å². The largest absolute Gasteiger partial charge is 0.542 e. The van der Waals surface area contributed by atoms with Gasteiger partial charge in [0.2, 0.25) is 5.75 Å². The molecule has 0 fully saturated rings. The van der Waals surface area contributed by atoms with Crippen LogP contribution in [0.5, 0.6) is 17.2 Å². The lowest BCUT2D eigenvalue weighted by molar-refractivity contribution is -0.257. The summed E-state index contributed by atoms with van der Waals surface area (Å²) in [7, 11) is 4.30. The van der Waals surface area contributed by atoms with Crippen LogP contribution in [0.1, 0.15) is 27.2 Å². The minimum Gasteiger partial charge on any atom is -0.542 e. The number of carbonyl (C=O) groups is 1. The zero-order valence-corrected chi connectivity index (χ0v) is 17.9. The molecule has 1 heterocycles. The van der Waals surface area contributed by atoms with Crippen molar-refractivity contribution in [2.45, 2.75) is 12.6 Å². The van der Waals surface area contributed by atoms with Gasteiger partial charge in [-0.1, -0.05) is 11.6 Å². The molecule has 0 radical (unpaired) electrons. The van der Waals surface area contributed by atoms with Crippen molar-refractivity contribution in [3.05, 3.63) is 63.9 Å². The van der Waals surface area contributed by atoms with E-state index in [2.05, 4.69) is 0 Å². The van der Waals surface area contributed by atoms with Crippen LogP contribution in [0, 0.1) is 0 Å². The highest BCUT2D eigenvalue weighted by molar-refractivity contribution is 6.33. The van der Waals surface area contributed by atoms with E-state index in [1.54, 1.807) is 12.1 Å². The third-order valence-electron chi connectivity index (χ3n) is 4.67. The van der Waals surface area contributed by atoms with Crippen LogP contribution in [0.3, 0.4) is 0 Å². The summed E-state index contributed by atoms with van der Waals surface area (Å²) in [4.78, 5) is 11.6. The van der Waals surface area contributed by atoms with E-state index in [0.717, 1.165) is 18.2 Å². The van der Waals surface area contributed by atoms with Gasteiger partial charge in [-0.15, -0.1) is 0 Å². The van der Waals surface area contributed by atoms with Crippen molar-refractivity contribution in [1.82, 2.24) is 0 Å². The van der Waals surface area contributed by atoms with E-state index in [9.17, 15) is 23.1 Å². The molecule has 0 spiro atoms. The summed E-state index contributed by atoms with van der Waals surface area (Å²) in [5, 5.41) is 11.6. The fraction of sp³-hybridized carbons (Fsp3) is 0.227. The van der Waals surface area contributed by atoms with Crippen LogP contribution in [0.25, 0.3) is 11.3 Å². The predicted molar refractivity (Wildman–Crippen MR) is 107 cm³/mol. The van der Waals surface area contributed by atoms with E-state index < -0.39 is 23.5 Å². The smallest absolute Gasteiger partial charge is 0.416 e. The van der Waals surface area contributed by atoms with Crippen LogP contribution in [0.4, 0.5) is 13.2 Å². The highest BCUT2D eigenvalue weighted by Crippen LogP contribution is 2.40. The average Bonchev–Trinajstić information content (AvgIpc) is 3.16. The number of carboxylic acids is 1. The quantitative estimate of drug-likeness (QED) is 0.503. The molecule has 2 aromatic carbocycles. The number of furan rings is 1. The molecule has 0 aliphatic rings. The summed E-state index contributed by atoms with van der Waals surface area (Å²) in [6, 6.07) is 7.23. The summed E-state index contributed by atoms with van der Waals surface area (Å²) in [5.74, 6) is -1.24. The Morgan fingerprint density at radius 3 is 2.16 bits per heavy atom. The Kier molecular flexibility index (Phi) is 6.59. The topological polar surface area (TPSA) is 81.0 Å². The second-order valence-electron chi connectivity index (χ2n) is 6.66. The first-order valence-corrected chi connectivity index (χ1v) is 9.46. The van der Waals surface area contributed by atoms with Crippen LogP contribution in [0.2, 0.25) is 5.02 Å².